The number of aromatic nitrogens is 2. The number of nitrogens with zero attached hydrogens (tertiary/aromatic N) is 2. The number of hydrogen-bond donors (Lipinski definition) is 1. The third kappa shape index (κ3) is 3.88. The molecule has 6 nitrogen and oxygen atoms in total. The Morgan fingerprint density at radius 3 is 2.52 bits per heavy atom. The Hall–Kier alpha value is -2.37. The number of ether oxygens (including phenoxy) is 1. The van der Waals surface area contributed by atoms with E-state index in [4.69, 9.17) is 9.15 Å². The van der Waals surface area contributed by atoms with E-state index >= 15 is 0 Å². The quantitative estimate of drug-likeness (QED) is 0.938. The Balaban J connectivity index is 1.49. The summed E-state index contributed by atoms with van der Waals surface area (Å²) in [5.41, 5.74) is 0.624. The van der Waals surface area contributed by atoms with Crippen molar-refractivity contribution < 1.29 is 13.9 Å². The van der Waals surface area contributed by atoms with Crippen LogP contribution in [0.5, 0.6) is 6.01 Å². The van der Waals surface area contributed by atoms with Gasteiger partial charge in [0.2, 0.25) is 0 Å². The second-order valence-corrected chi connectivity index (χ2v) is 5.92. The molecule has 2 aromatic heterocycles. The molecule has 0 spiro atoms. The molecule has 2 heterocycles. The van der Waals surface area contributed by atoms with Gasteiger partial charge in [-0.1, -0.05) is 0 Å². The molecule has 23 heavy (non-hydrogen) atoms. The first-order valence-corrected chi connectivity index (χ1v) is 7.93. The van der Waals surface area contributed by atoms with Crippen LogP contribution in [0.15, 0.2) is 28.9 Å². The van der Waals surface area contributed by atoms with E-state index in [0.717, 1.165) is 31.4 Å². The van der Waals surface area contributed by atoms with Crippen molar-refractivity contribution in [2.45, 2.75) is 51.7 Å². The molecule has 0 atom stereocenters. The molecule has 6 heteroatoms. The molecule has 1 N–H and O–H groups in total. The smallest absolute Gasteiger partial charge is 0.316 e. The van der Waals surface area contributed by atoms with Gasteiger partial charge >= 0.3 is 6.01 Å². The predicted molar refractivity (Wildman–Crippen MR) is 84.4 cm³/mol. The van der Waals surface area contributed by atoms with Crippen LogP contribution in [0.3, 0.4) is 0 Å². The molecule has 0 bridgehead atoms. The summed E-state index contributed by atoms with van der Waals surface area (Å²) in [5, 5.41) is 3.09. The van der Waals surface area contributed by atoms with Gasteiger partial charge < -0.3 is 14.5 Å². The van der Waals surface area contributed by atoms with Crippen molar-refractivity contribution in [1.29, 1.82) is 0 Å². The minimum absolute atomic E-state index is 0.0601. The zero-order chi connectivity index (χ0) is 16.2. The molecular formula is C17H21N3O3. The summed E-state index contributed by atoms with van der Waals surface area (Å²) in [6.07, 6.45) is 6.99. The molecule has 0 aromatic carbocycles. The zero-order valence-corrected chi connectivity index (χ0v) is 13.4. The van der Waals surface area contributed by atoms with Crippen LogP contribution in [0.25, 0.3) is 0 Å². The predicted octanol–water partition coefficient (Wildman–Crippen LogP) is 2.81. The average Bonchev–Trinajstić information content (AvgIpc) is 2.89. The molecule has 1 fully saturated rings. The van der Waals surface area contributed by atoms with E-state index in [9.17, 15) is 4.79 Å². The standard InChI is InChI=1S/C17H21N3O3/c1-11-10-15(12(2)22-11)16(21)20-13-4-6-14(7-5-13)23-17-18-8-3-9-19-17/h3,8-10,13-14H,4-7H2,1-2H3,(H,20,21). The normalized spacial score (nSPS) is 21.0. The number of hydrogen-bond acceptors (Lipinski definition) is 5. The lowest BCUT2D eigenvalue weighted by Crippen LogP contribution is -2.39. The molecule has 1 aliphatic carbocycles. The van der Waals surface area contributed by atoms with Crippen molar-refractivity contribution in [3.63, 3.8) is 0 Å². The van der Waals surface area contributed by atoms with Crippen molar-refractivity contribution in [3.05, 3.63) is 41.6 Å². The third-order valence-corrected chi connectivity index (χ3v) is 4.11. The van der Waals surface area contributed by atoms with Gasteiger partial charge in [-0.3, -0.25) is 4.79 Å². The number of carbonyl (C=O) groups excluding carboxylic acids is 1. The Kier molecular flexibility index (Phi) is 4.60. The Labute approximate surface area is 135 Å². The van der Waals surface area contributed by atoms with E-state index in [0.29, 0.717) is 17.3 Å². The average molecular weight is 315 g/mol. The summed E-state index contributed by atoms with van der Waals surface area (Å²) in [7, 11) is 0. The van der Waals surface area contributed by atoms with E-state index in [1.807, 2.05) is 13.8 Å². The highest BCUT2D eigenvalue weighted by molar-refractivity contribution is 5.95. The maximum atomic E-state index is 12.3. The van der Waals surface area contributed by atoms with E-state index < -0.39 is 0 Å². The van der Waals surface area contributed by atoms with Crippen LogP contribution < -0.4 is 10.1 Å². The molecule has 1 saturated carbocycles. The molecule has 2 aromatic rings. The fourth-order valence-electron chi connectivity index (χ4n) is 2.94. The van der Waals surface area contributed by atoms with Gasteiger partial charge in [0.15, 0.2) is 0 Å². The molecule has 0 aliphatic heterocycles. The Bertz CT molecular complexity index is 661. The Morgan fingerprint density at radius 1 is 1.22 bits per heavy atom. The molecule has 0 radical (unpaired) electrons. The minimum Gasteiger partial charge on any atom is -0.466 e. The zero-order valence-electron chi connectivity index (χ0n) is 13.4. The van der Waals surface area contributed by atoms with E-state index in [1.165, 1.54) is 0 Å². The first-order chi connectivity index (χ1) is 11.1. The van der Waals surface area contributed by atoms with Crippen molar-refractivity contribution >= 4 is 5.91 Å². The molecule has 0 saturated heterocycles. The van der Waals surface area contributed by atoms with Crippen LogP contribution in [-0.2, 0) is 0 Å². The van der Waals surface area contributed by atoms with Gasteiger partial charge in [-0.2, -0.15) is 0 Å². The molecular weight excluding hydrogens is 294 g/mol. The highest BCUT2D eigenvalue weighted by atomic mass is 16.5. The summed E-state index contributed by atoms with van der Waals surface area (Å²) in [4.78, 5) is 20.5. The second kappa shape index (κ2) is 6.81. The number of carbonyl (C=O) groups is 1. The van der Waals surface area contributed by atoms with Crippen molar-refractivity contribution in [3.8, 4) is 6.01 Å². The van der Waals surface area contributed by atoms with Gasteiger partial charge in [0.25, 0.3) is 5.91 Å². The second-order valence-electron chi connectivity index (χ2n) is 5.92. The summed E-state index contributed by atoms with van der Waals surface area (Å²) < 4.78 is 11.2. The lowest BCUT2D eigenvalue weighted by atomic mass is 9.92. The van der Waals surface area contributed by atoms with Crippen molar-refractivity contribution in [2.75, 3.05) is 0 Å². The van der Waals surface area contributed by atoms with Crippen molar-refractivity contribution in [2.24, 2.45) is 0 Å². The van der Waals surface area contributed by atoms with Gasteiger partial charge in [0.05, 0.1) is 5.56 Å². The number of amides is 1. The van der Waals surface area contributed by atoms with E-state index in [1.54, 1.807) is 24.5 Å². The molecule has 0 unspecified atom stereocenters. The van der Waals surface area contributed by atoms with Gasteiger partial charge in [-0.05, 0) is 51.7 Å². The molecule has 122 valence electrons. The maximum absolute atomic E-state index is 12.3. The van der Waals surface area contributed by atoms with Gasteiger partial charge in [-0.25, -0.2) is 9.97 Å². The number of furan rings is 1. The van der Waals surface area contributed by atoms with E-state index in [2.05, 4.69) is 15.3 Å². The molecule has 1 aliphatic rings. The summed E-state index contributed by atoms with van der Waals surface area (Å²) in [5.74, 6) is 1.36. The van der Waals surface area contributed by atoms with Gasteiger partial charge in [0.1, 0.15) is 17.6 Å². The number of aryl methyl sites for hydroxylation is 2. The maximum Gasteiger partial charge on any atom is 0.316 e. The van der Waals surface area contributed by atoms with Gasteiger partial charge in [0, 0.05) is 18.4 Å². The summed E-state index contributed by atoms with van der Waals surface area (Å²) >= 11 is 0. The lowest BCUT2D eigenvalue weighted by Gasteiger charge is -2.28. The highest BCUT2D eigenvalue weighted by Crippen LogP contribution is 2.23. The van der Waals surface area contributed by atoms with Crippen LogP contribution in [0.2, 0.25) is 0 Å². The summed E-state index contributed by atoms with van der Waals surface area (Å²) in [6.45, 7) is 3.66. The monoisotopic (exact) mass is 315 g/mol. The third-order valence-electron chi connectivity index (χ3n) is 4.11. The topological polar surface area (TPSA) is 77.2 Å². The van der Waals surface area contributed by atoms with Crippen LogP contribution in [-0.4, -0.2) is 28.0 Å². The minimum atomic E-state index is -0.0601. The van der Waals surface area contributed by atoms with Crippen LogP contribution in [0.1, 0.15) is 47.6 Å². The van der Waals surface area contributed by atoms with Gasteiger partial charge in [-0.15, -0.1) is 0 Å². The fraction of sp³-hybridized carbons (Fsp3) is 0.471. The lowest BCUT2D eigenvalue weighted by molar-refractivity contribution is 0.0883. The summed E-state index contributed by atoms with van der Waals surface area (Å²) in [6, 6.07) is 4.14. The fourth-order valence-corrected chi connectivity index (χ4v) is 2.94. The molecule has 3 rings (SSSR count). The number of rotatable bonds is 4. The van der Waals surface area contributed by atoms with Crippen LogP contribution in [0, 0.1) is 13.8 Å². The molecule has 1 amide bonds. The Morgan fingerprint density at radius 2 is 1.91 bits per heavy atom. The SMILES string of the molecule is Cc1cc(C(=O)NC2CCC(Oc3ncccn3)CC2)c(C)o1. The largest absolute Gasteiger partial charge is 0.466 e. The first kappa shape index (κ1) is 15.5. The highest BCUT2D eigenvalue weighted by Gasteiger charge is 2.25. The first-order valence-electron chi connectivity index (χ1n) is 7.93. The number of nitrogens with one attached hydrogen (secondary N) is 1. The van der Waals surface area contributed by atoms with Crippen LogP contribution >= 0.6 is 0 Å². The van der Waals surface area contributed by atoms with Crippen molar-refractivity contribution in [1.82, 2.24) is 15.3 Å². The van der Waals surface area contributed by atoms with Crippen LogP contribution in [0.4, 0.5) is 0 Å². The van der Waals surface area contributed by atoms with E-state index in [-0.39, 0.29) is 18.1 Å².